The standard InChI is InChI=1S/C34H38ClF3N6O2/c1-42(2)32-39-19-22(20-40-32)21-43-13-9-33(10-14-43)11-15-44(16-12-33)31(46)24-4-3-23-5-8-29(26(23)17-24)41-30(45)27-18-25(34(36,37)38)6-7-28(27)35/h3-4,6-7,17-20,29H,5,8-16,21H2,1-2H3,(H,41,45). The molecule has 2 aliphatic heterocycles. The van der Waals surface area contributed by atoms with Crippen LogP contribution in [-0.2, 0) is 19.1 Å². The lowest BCUT2D eigenvalue weighted by molar-refractivity contribution is -0.137. The summed E-state index contributed by atoms with van der Waals surface area (Å²) in [6.45, 7) is 4.25. The monoisotopic (exact) mass is 654 g/mol. The van der Waals surface area contributed by atoms with Crippen LogP contribution in [0.4, 0.5) is 19.1 Å². The number of rotatable bonds is 6. The Bertz CT molecular complexity index is 1600. The lowest BCUT2D eigenvalue weighted by Gasteiger charge is -2.47. The second kappa shape index (κ2) is 12.8. The molecule has 12 heteroatoms. The van der Waals surface area contributed by atoms with Crippen molar-refractivity contribution in [3.63, 3.8) is 0 Å². The Balaban J connectivity index is 1.04. The van der Waals surface area contributed by atoms with E-state index < -0.39 is 23.7 Å². The van der Waals surface area contributed by atoms with Crippen molar-refractivity contribution >= 4 is 29.4 Å². The second-order valence-electron chi connectivity index (χ2n) is 13.0. The molecule has 1 aromatic heterocycles. The van der Waals surface area contributed by atoms with Crippen molar-refractivity contribution in [3.05, 3.63) is 87.2 Å². The number of amides is 2. The van der Waals surface area contributed by atoms with Crippen molar-refractivity contribution in [2.45, 2.75) is 57.3 Å². The fourth-order valence-electron chi connectivity index (χ4n) is 6.97. The zero-order valence-electron chi connectivity index (χ0n) is 26.0. The highest BCUT2D eigenvalue weighted by atomic mass is 35.5. The maximum atomic E-state index is 13.6. The topological polar surface area (TPSA) is 81.7 Å². The van der Waals surface area contributed by atoms with Crippen molar-refractivity contribution < 1.29 is 22.8 Å². The quantitative estimate of drug-likeness (QED) is 0.344. The molecule has 1 N–H and O–H groups in total. The summed E-state index contributed by atoms with van der Waals surface area (Å²) in [7, 11) is 3.85. The summed E-state index contributed by atoms with van der Waals surface area (Å²) in [4.78, 5) is 41.8. The number of likely N-dealkylation sites (tertiary alicyclic amines) is 2. The molecule has 46 heavy (non-hydrogen) atoms. The molecule has 0 bridgehead atoms. The number of hydrogen-bond donors (Lipinski definition) is 1. The summed E-state index contributed by atoms with van der Waals surface area (Å²) in [5, 5.41) is 2.80. The van der Waals surface area contributed by atoms with Gasteiger partial charge in [-0.1, -0.05) is 17.7 Å². The van der Waals surface area contributed by atoms with Crippen molar-refractivity contribution in [2.75, 3.05) is 45.2 Å². The number of nitrogens with zero attached hydrogens (tertiary/aromatic N) is 5. The zero-order chi connectivity index (χ0) is 32.6. The Morgan fingerprint density at radius 1 is 1.00 bits per heavy atom. The summed E-state index contributed by atoms with van der Waals surface area (Å²) in [6, 6.07) is 7.90. The normalized spacial score (nSPS) is 19.6. The summed E-state index contributed by atoms with van der Waals surface area (Å²) in [5.41, 5.74) is 2.60. The van der Waals surface area contributed by atoms with E-state index in [1.165, 1.54) is 0 Å². The predicted octanol–water partition coefficient (Wildman–Crippen LogP) is 6.15. The van der Waals surface area contributed by atoms with Crippen LogP contribution in [0.3, 0.4) is 0 Å². The molecule has 0 radical (unpaired) electrons. The molecule has 2 fully saturated rings. The van der Waals surface area contributed by atoms with Crippen LogP contribution in [0.25, 0.3) is 0 Å². The molecular weight excluding hydrogens is 617 g/mol. The van der Waals surface area contributed by atoms with Crippen molar-refractivity contribution in [1.82, 2.24) is 25.1 Å². The van der Waals surface area contributed by atoms with Gasteiger partial charge in [-0.05, 0) is 98.5 Å². The SMILES string of the molecule is CN(C)c1ncc(CN2CCC3(CC2)CCN(C(=O)c2ccc4c(c2)C(NC(=O)c2cc(C(F)(F)F)ccc2Cl)CC4)CC3)cn1. The number of hydrogen-bond acceptors (Lipinski definition) is 6. The number of carbonyl (C=O) groups excluding carboxylic acids is 2. The van der Waals surface area contributed by atoms with Crippen molar-refractivity contribution in [2.24, 2.45) is 5.41 Å². The van der Waals surface area contributed by atoms with Crippen LogP contribution >= 0.6 is 11.6 Å². The van der Waals surface area contributed by atoms with Crippen molar-refractivity contribution in [1.29, 1.82) is 0 Å². The van der Waals surface area contributed by atoms with Gasteiger partial charge in [-0.25, -0.2) is 9.97 Å². The fourth-order valence-corrected chi connectivity index (χ4v) is 7.17. The largest absolute Gasteiger partial charge is 0.416 e. The maximum Gasteiger partial charge on any atom is 0.416 e. The Labute approximate surface area is 271 Å². The van der Waals surface area contributed by atoms with Gasteiger partial charge in [0.05, 0.1) is 22.2 Å². The number of carbonyl (C=O) groups is 2. The molecule has 1 aliphatic carbocycles. The lowest BCUT2D eigenvalue weighted by atomic mass is 9.71. The second-order valence-corrected chi connectivity index (χ2v) is 13.4. The number of piperidine rings is 2. The Hall–Kier alpha value is -3.70. The molecule has 3 aliphatic rings. The first-order chi connectivity index (χ1) is 21.9. The van der Waals surface area contributed by atoms with Crippen LogP contribution in [-0.4, -0.2) is 71.9 Å². The van der Waals surface area contributed by atoms with E-state index in [1.807, 2.05) is 54.5 Å². The van der Waals surface area contributed by atoms with Gasteiger partial charge in [-0.3, -0.25) is 14.5 Å². The highest BCUT2D eigenvalue weighted by molar-refractivity contribution is 6.33. The van der Waals surface area contributed by atoms with E-state index >= 15 is 0 Å². The summed E-state index contributed by atoms with van der Waals surface area (Å²) in [5.74, 6) is -0.00343. The molecule has 2 saturated heterocycles. The van der Waals surface area contributed by atoms with Crippen molar-refractivity contribution in [3.8, 4) is 0 Å². The van der Waals surface area contributed by atoms with E-state index in [0.29, 0.717) is 37.4 Å². The summed E-state index contributed by atoms with van der Waals surface area (Å²) >= 11 is 6.10. The molecule has 1 spiro atoms. The van der Waals surface area contributed by atoms with Gasteiger partial charge in [0.2, 0.25) is 5.95 Å². The minimum atomic E-state index is -4.59. The molecule has 3 aromatic rings. The third-order valence-electron chi connectivity index (χ3n) is 9.84. The third kappa shape index (κ3) is 6.85. The molecule has 1 atom stereocenters. The first-order valence-corrected chi connectivity index (χ1v) is 16.1. The highest BCUT2D eigenvalue weighted by Crippen LogP contribution is 2.42. The molecule has 2 aromatic carbocycles. The first kappa shape index (κ1) is 32.2. The van der Waals surface area contributed by atoms with E-state index in [2.05, 4.69) is 20.2 Å². The number of anilines is 1. The van der Waals surface area contributed by atoms with Gasteiger partial charge in [-0.15, -0.1) is 0 Å². The average Bonchev–Trinajstić information content (AvgIpc) is 3.44. The van der Waals surface area contributed by atoms with Gasteiger partial charge in [0, 0.05) is 57.3 Å². The summed E-state index contributed by atoms with van der Waals surface area (Å²) < 4.78 is 39.7. The molecule has 244 valence electrons. The maximum absolute atomic E-state index is 13.6. The number of aryl methyl sites for hydroxylation is 1. The fraction of sp³-hybridized carbons (Fsp3) is 0.471. The number of halogens is 4. The number of aromatic nitrogens is 2. The Morgan fingerprint density at radius 2 is 1.67 bits per heavy atom. The van der Waals surface area contributed by atoms with Crippen LogP contribution in [0.1, 0.15) is 81.1 Å². The molecule has 0 saturated carbocycles. The van der Waals surface area contributed by atoms with Gasteiger partial charge in [0.25, 0.3) is 11.8 Å². The van der Waals surface area contributed by atoms with E-state index in [1.54, 1.807) is 0 Å². The van der Waals surface area contributed by atoms with Gasteiger partial charge >= 0.3 is 6.18 Å². The number of nitrogens with one attached hydrogen (secondary N) is 1. The minimum Gasteiger partial charge on any atom is -0.347 e. The number of benzene rings is 2. The molecule has 2 amide bonds. The molecule has 3 heterocycles. The number of alkyl halides is 3. The van der Waals surface area contributed by atoms with Gasteiger partial charge in [-0.2, -0.15) is 13.2 Å². The predicted molar refractivity (Wildman–Crippen MR) is 170 cm³/mol. The molecular formula is C34H38ClF3N6O2. The first-order valence-electron chi connectivity index (χ1n) is 15.7. The van der Waals surface area contributed by atoms with Crippen LogP contribution in [0.2, 0.25) is 5.02 Å². The Morgan fingerprint density at radius 3 is 2.33 bits per heavy atom. The van der Waals surface area contributed by atoms with Gasteiger partial charge < -0.3 is 15.1 Å². The smallest absolute Gasteiger partial charge is 0.347 e. The Kier molecular flexibility index (Phi) is 9.00. The minimum absolute atomic E-state index is 0.0332. The zero-order valence-corrected chi connectivity index (χ0v) is 26.8. The van der Waals surface area contributed by atoms with E-state index in [9.17, 15) is 22.8 Å². The van der Waals surface area contributed by atoms with Crippen LogP contribution in [0, 0.1) is 5.41 Å². The number of fused-ring (bicyclic) bond motifs is 1. The van der Waals surface area contributed by atoms with Gasteiger partial charge in [0.1, 0.15) is 0 Å². The highest BCUT2D eigenvalue weighted by Gasteiger charge is 2.39. The van der Waals surface area contributed by atoms with Crippen LogP contribution in [0.15, 0.2) is 48.8 Å². The average molecular weight is 655 g/mol. The molecule has 8 nitrogen and oxygen atoms in total. The van der Waals surface area contributed by atoms with Crippen LogP contribution in [0.5, 0.6) is 0 Å². The molecule has 1 unspecified atom stereocenters. The van der Waals surface area contributed by atoms with E-state index in [4.69, 9.17) is 11.6 Å². The molecule has 6 rings (SSSR count). The van der Waals surface area contributed by atoms with E-state index in [-0.39, 0.29) is 21.9 Å². The third-order valence-corrected chi connectivity index (χ3v) is 10.2. The van der Waals surface area contributed by atoms with Gasteiger partial charge in [0.15, 0.2) is 0 Å². The van der Waals surface area contributed by atoms with Crippen LogP contribution < -0.4 is 10.2 Å². The van der Waals surface area contributed by atoms with E-state index in [0.717, 1.165) is 80.2 Å². The lowest BCUT2D eigenvalue weighted by Crippen LogP contribution is -2.48. The summed E-state index contributed by atoms with van der Waals surface area (Å²) in [6.07, 6.45) is 4.63.